The number of para-hydroxylation sites is 1. The molecular weight excluding hydrogens is 645 g/mol. The maximum atomic E-state index is 5.02. The third-order valence-electron chi connectivity index (χ3n) is 11.8. The minimum atomic E-state index is -0.00885. The van der Waals surface area contributed by atoms with Gasteiger partial charge in [-0.1, -0.05) is 147 Å². The van der Waals surface area contributed by atoms with Gasteiger partial charge in [-0.05, 0) is 76.2 Å². The normalized spacial score (nSPS) is 14.6. The highest BCUT2D eigenvalue weighted by molar-refractivity contribution is 6.27. The summed E-state index contributed by atoms with van der Waals surface area (Å²) in [5.74, 6) is 2.00. The Morgan fingerprint density at radius 2 is 0.981 bits per heavy atom. The van der Waals surface area contributed by atoms with E-state index in [1.54, 1.807) is 0 Å². The standard InChI is InChI=1S/C49H36N4/c1-4-16-32(17-5-1)46-50-47(33-18-6-2-7-19-33)52-48(51-46)34-26-28-35(29-27-34)53-41-25-13-11-23-39(41)43-37-21-9-8-20-36(37)42-38-22-10-12-24-40(38)49(44(42)45(43)53)30-14-3-15-31-49/h1-2,4-13,16-29H,3,14-15,30-31H2. The summed E-state index contributed by atoms with van der Waals surface area (Å²) in [6.45, 7) is 0. The van der Waals surface area contributed by atoms with Crippen molar-refractivity contribution in [2.45, 2.75) is 37.5 Å². The van der Waals surface area contributed by atoms with Gasteiger partial charge in [0.1, 0.15) is 0 Å². The molecule has 1 spiro atoms. The minimum Gasteiger partial charge on any atom is -0.309 e. The van der Waals surface area contributed by atoms with Crippen LogP contribution in [0.15, 0.2) is 158 Å². The monoisotopic (exact) mass is 680 g/mol. The van der Waals surface area contributed by atoms with Crippen molar-refractivity contribution in [3.8, 4) is 51.0 Å². The Kier molecular flexibility index (Phi) is 6.75. The van der Waals surface area contributed by atoms with Crippen LogP contribution in [0.5, 0.6) is 0 Å². The Morgan fingerprint density at radius 3 is 1.64 bits per heavy atom. The molecule has 53 heavy (non-hydrogen) atoms. The molecule has 0 amide bonds. The highest BCUT2D eigenvalue weighted by atomic mass is 15.0. The summed E-state index contributed by atoms with van der Waals surface area (Å²) >= 11 is 0. The molecule has 0 unspecified atom stereocenters. The molecule has 252 valence electrons. The molecule has 1 fully saturated rings. The van der Waals surface area contributed by atoms with Crippen LogP contribution in [0.3, 0.4) is 0 Å². The molecule has 7 aromatic carbocycles. The van der Waals surface area contributed by atoms with E-state index < -0.39 is 0 Å². The second-order valence-electron chi connectivity index (χ2n) is 14.6. The van der Waals surface area contributed by atoms with Crippen molar-refractivity contribution in [1.82, 2.24) is 19.5 Å². The Balaban J connectivity index is 1.17. The molecule has 0 saturated heterocycles. The Hall–Kier alpha value is -6.39. The minimum absolute atomic E-state index is 0.00885. The van der Waals surface area contributed by atoms with Crippen molar-refractivity contribution >= 4 is 32.6 Å². The lowest BCUT2D eigenvalue weighted by Crippen LogP contribution is -2.28. The van der Waals surface area contributed by atoms with Gasteiger partial charge < -0.3 is 4.57 Å². The van der Waals surface area contributed by atoms with Crippen molar-refractivity contribution in [3.63, 3.8) is 0 Å². The highest BCUT2D eigenvalue weighted by Gasteiger charge is 2.46. The van der Waals surface area contributed by atoms with E-state index in [1.165, 1.54) is 86.9 Å². The van der Waals surface area contributed by atoms with E-state index >= 15 is 0 Å². The molecule has 9 aromatic rings. The maximum Gasteiger partial charge on any atom is 0.164 e. The second kappa shape index (κ2) is 11.8. The second-order valence-corrected chi connectivity index (χ2v) is 14.6. The van der Waals surface area contributed by atoms with Crippen LogP contribution in [0.25, 0.3) is 83.6 Å². The topological polar surface area (TPSA) is 43.6 Å². The van der Waals surface area contributed by atoms with Crippen molar-refractivity contribution in [3.05, 3.63) is 169 Å². The van der Waals surface area contributed by atoms with Gasteiger partial charge in [-0.25, -0.2) is 15.0 Å². The first-order valence-electron chi connectivity index (χ1n) is 18.8. The van der Waals surface area contributed by atoms with Crippen molar-refractivity contribution in [2.24, 2.45) is 0 Å². The quantitative estimate of drug-likeness (QED) is 0.186. The van der Waals surface area contributed by atoms with E-state index in [0.29, 0.717) is 17.5 Å². The van der Waals surface area contributed by atoms with Crippen LogP contribution < -0.4 is 0 Å². The average Bonchev–Trinajstić information content (AvgIpc) is 3.72. The smallest absolute Gasteiger partial charge is 0.164 e. The molecule has 2 heterocycles. The summed E-state index contributed by atoms with van der Waals surface area (Å²) in [5, 5.41) is 5.34. The first-order valence-corrected chi connectivity index (χ1v) is 18.8. The molecule has 11 rings (SSSR count). The summed E-state index contributed by atoms with van der Waals surface area (Å²) < 4.78 is 2.56. The van der Waals surface area contributed by atoms with Gasteiger partial charge in [-0.15, -0.1) is 0 Å². The Bertz CT molecular complexity index is 2790. The van der Waals surface area contributed by atoms with Gasteiger partial charge in [0.05, 0.1) is 11.0 Å². The predicted octanol–water partition coefficient (Wildman–Crippen LogP) is 12.4. The van der Waals surface area contributed by atoms with E-state index in [9.17, 15) is 0 Å². The van der Waals surface area contributed by atoms with Crippen molar-refractivity contribution in [1.29, 1.82) is 0 Å². The summed E-state index contributed by atoms with van der Waals surface area (Å²) in [4.78, 5) is 15.0. The number of aromatic nitrogens is 4. The van der Waals surface area contributed by atoms with Crippen LogP contribution in [0, 0.1) is 0 Å². The van der Waals surface area contributed by atoms with E-state index in [2.05, 4.69) is 126 Å². The van der Waals surface area contributed by atoms with Gasteiger partial charge >= 0.3 is 0 Å². The fourth-order valence-electron chi connectivity index (χ4n) is 9.56. The van der Waals surface area contributed by atoms with Gasteiger partial charge in [0.25, 0.3) is 0 Å². The van der Waals surface area contributed by atoms with E-state index in [-0.39, 0.29) is 5.41 Å². The first kappa shape index (κ1) is 30.3. The van der Waals surface area contributed by atoms with E-state index in [1.807, 2.05) is 36.4 Å². The van der Waals surface area contributed by atoms with E-state index in [0.717, 1.165) is 22.4 Å². The Labute approximate surface area is 308 Å². The van der Waals surface area contributed by atoms with Crippen LogP contribution in [0.4, 0.5) is 0 Å². The van der Waals surface area contributed by atoms with Crippen LogP contribution in [-0.2, 0) is 5.41 Å². The fourth-order valence-corrected chi connectivity index (χ4v) is 9.56. The zero-order chi connectivity index (χ0) is 34.9. The number of rotatable bonds is 4. The SMILES string of the molecule is c1ccc(-c2nc(-c3ccccc3)nc(-c3ccc(-n4c5ccccc5c5c6ccccc6c6c(c54)C4(CCCCC4)c4ccccc4-6)cc3)n2)cc1. The van der Waals surface area contributed by atoms with Crippen molar-refractivity contribution in [2.75, 3.05) is 0 Å². The number of hydrogen-bond acceptors (Lipinski definition) is 3. The third-order valence-corrected chi connectivity index (χ3v) is 11.8. The molecular formula is C49H36N4. The zero-order valence-corrected chi connectivity index (χ0v) is 29.3. The molecule has 4 nitrogen and oxygen atoms in total. The van der Waals surface area contributed by atoms with Crippen LogP contribution in [0.1, 0.15) is 43.2 Å². The summed E-state index contributed by atoms with van der Waals surface area (Å²) in [6.07, 6.45) is 6.16. The maximum absolute atomic E-state index is 5.02. The molecule has 0 N–H and O–H groups in total. The van der Waals surface area contributed by atoms with Crippen molar-refractivity contribution < 1.29 is 0 Å². The molecule has 0 bridgehead atoms. The van der Waals surface area contributed by atoms with Gasteiger partial charge in [-0.3, -0.25) is 0 Å². The molecule has 0 aliphatic heterocycles. The number of fused-ring (bicyclic) bond motifs is 12. The largest absolute Gasteiger partial charge is 0.309 e. The molecule has 1 saturated carbocycles. The lowest BCUT2D eigenvalue weighted by Gasteiger charge is -2.36. The number of benzene rings is 7. The molecule has 0 radical (unpaired) electrons. The summed E-state index contributed by atoms with van der Waals surface area (Å²) in [7, 11) is 0. The van der Waals surface area contributed by atoms with Crippen LogP contribution >= 0.6 is 0 Å². The predicted molar refractivity (Wildman–Crippen MR) is 217 cm³/mol. The molecule has 2 aromatic heterocycles. The lowest BCUT2D eigenvalue weighted by molar-refractivity contribution is 0.354. The van der Waals surface area contributed by atoms with Gasteiger partial charge in [0.2, 0.25) is 0 Å². The van der Waals surface area contributed by atoms with Crippen LogP contribution in [0.2, 0.25) is 0 Å². The number of nitrogens with zero attached hydrogens (tertiary/aromatic N) is 4. The van der Waals surface area contributed by atoms with E-state index in [4.69, 9.17) is 15.0 Å². The van der Waals surface area contributed by atoms with Gasteiger partial charge in [0, 0.05) is 38.6 Å². The average molecular weight is 681 g/mol. The molecule has 2 aliphatic rings. The first-order chi connectivity index (χ1) is 26.3. The molecule has 2 aliphatic carbocycles. The number of hydrogen-bond donors (Lipinski definition) is 0. The van der Waals surface area contributed by atoms with Gasteiger partial charge in [-0.2, -0.15) is 0 Å². The third kappa shape index (κ3) is 4.51. The summed E-state index contributed by atoms with van der Waals surface area (Å²) in [5.41, 5.74) is 12.5. The highest BCUT2D eigenvalue weighted by Crippen LogP contribution is 2.60. The summed E-state index contributed by atoms with van der Waals surface area (Å²) in [6, 6.07) is 56.6. The zero-order valence-electron chi connectivity index (χ0n) is 29.3. The molecule has 4 heteroatoms. The fraction of sp³-hybridized carbons (Fsp3) is 0.122. The van der Waals surface area contributed by atoms with Gasteiger partial charge in [0.15, 0.2) is 17.5 Å². The lowest BCUT2D eigenvalue weighted by atomic mass is 9.67. The molecule has 0 atom stereocenters. The Morgan fingerprint density at radius 1 is 0.453 bits per heavy atom. The van der Waals surface area contributed by atoms with Crippen LogP contribution in [-0.4, -0.2) is 19.5 Å².